The van der Waals surface area contributed by atoms with E-state index in [0.29, 0.717) is 29.1 Å². The molecule has 2 aromatic rings. The molecule has 0 saturated carbocycles. The highest BCUT2D eigenvalue weighted by atomic mass is 35.5. The molecule has 7 heteroatoms. The van der Waals surface area contributed by atoms with E-state index in [-0.39, 0.29) is 22.1 Å². The van der Waals surface area contributed by atoms with Crippen LogP contribution in [0.5, 0.6) is 5.75 Å². The molecule has 5 nitrogen and oxygen atoms in total. The molecule has 1 amide bonds. The molecule has 2 N–H and O–H groups in total. The number of nitrogens with zero attached hydrogens (tertiary/aromatic N) is 1. The van der Waals surface area contributed by atoms with Crippen LogP contribution in [0.4, 0.5) is 0 Å². The molecule has 140 valence electrons. The van der Waals surface area contributed by atoms with Crippen LogP contribution in [0.3, 0.4) is 0 Å². The largest absolute Gasteiger partial charge is 0.507 e. The Morgan fingerprint density at radius 3 is 2.52 bits per heavy atom. The lowest BCUT2D eigenvalue weighted by Crippen LogP contribution is -2.30. The summed E-state index contributed by atoms with van der Waals surface area (Å²) in [4.78, 5) is 26.7. The van der Waals surface area contributed by atoms with E-state index in [1.807, 2.05) is 6.92 Å². The molecule has 0 aliphatic carbocycles. The van der Waals surface area contributed by atoms with Gasteiger partial charge in [-0.2, -0.15) is 0 Å². The topological polar surface area (TPSA) is 77.8 Å². The number of carbonyl (C=O) groups excluding carboxylic acids is 2. The molecule has 1 heterocycles. The van der Waals surface area contributed by atoms with E-state index < -0.39 is 17.7 Å². The van der Waals surface area contributed by atoms with Gasteiger partial charge >= 0.3 is 0 Å². The van der Waals surface area contributed by atoms with Crippen molar-refractivity contribution in [1.29, 1.82) is 0 Å². The van der Waals surface area contributed by atoms with Gasteiger partial charge in [0.25, 0.3) is 11.7 Å². The van der Waals surface area contributed by atoms with Gasteiger partial charge in [0.15, 0.2) is 0 Å². The summed E-state index contributed by atoms with van der Waals surface area (Å²) in [6, 6.07) is 10.1. The van der Waals surface area contributed by atoms with Crippen LogP contribution in [0.25, 0.3) is 5.76 Å². The van der Waals surface area contributed by atoms with Crippen LogP contribution >= 0.6 is 23.2 Å². The zero-order valence-electron chi connectivity index (χ0n) is 14.4. The number of benzene rings is 2. The van der Waals surface area contributed by atoms with Gasteiger partial charge in [0.1, 0.15) is 11.5 Å². The van der Waals surface area contributed by atoms with Crippen molar-refractivity contribution in [1.82, 2.24) is 4.90 Å². The lowest BCUT2D eigenvalue weighted by molar-refractivity contribution is -0.139. The van der Waals surface area contributed by atoms with Gasteiger partial charge in [-0.05, 0) is 36.2 Å². The Bertz CT molecular complexity index is 955. The number of aliphatic hydroxyl groups is 1. The second-order valence-electron chi connectivity index (χ2n) is 6.21. The van der Waals surface area contributed by atoms with Crippen LogP contribution in [0.15, 0.2) is 48.0 Å². The first-order valence-electron chi connectivity index (χ1n) is 8.38. The van der Waals surface area contributed by atoms with Crippen molar-refractivity contribution < 1.29 is 19.8 Å². The fourth-order valence-electron chi connectivity index (χ4n) is 3.18. The third kappa shape index (κ3) is 3.53. The van der Waals surface area contributed by atoms with E-state index in [9.17, 15) is 19.8 Å². The minimum atomic E-state index is -0.804. The first kappa shape index (κ1) is 19.3. The predicted octanol–water partition coefficient (Wildman–Crippen LogP) is 4.53. The number of amides is 1. The molecule has 1 aliphatic heterocycles. The maximum Gasteiger partial charge on any atom is 0.295 e. The monoisotopic (exact) mass is 405 g/mol. The van der Waals surface area contributed by atoms with Crippen molar-refractivity contribution in [3.05, 3.63) is 69.2 Å². The summed E-state index contributed by atoms with van der Waals surface area (Å²) < 4.78 is 0. The van der Waals surface area contributed by atoms with Crippen LogP contribution in [0.1, 0.15) is 30.5 Å². The first-order valence-corrected chi connectivity index (χ1v) is 9.13. The average Bonchev–Trinajstić information content (AvgIpc) is 2.89. The number of hydrogen-bond donors (Lipinski definition) is 2. The maximum absolute atomic E-state index is 12.7. The van der Waals surface area contributed by atoms with E-state index in [1.165, 1.54) is 23.1 Å². The zero-order chi connectivity index (χ0) is 19.7. The smallest absolute Gasteiger partial charge is 0.295 e. The number of ketones is 1. The van der Waals surface area contributed by atoms with Gasteiger partial charge in [0, 0.05) is 17.1 Å². The number of phenolic OH excluding ortho intramolecular Hbond substituents is 1. The van der Waals surface area contributed by atoms with Crippen molar-refractivity contribution >= 4 is 40.7 Å². The van der Waals surface area contributed by atoms with Crippen LogP contribution in [0.2, 0.25) is 10.0 Å². The van der Waals surface area contributed by atoms with Gasteiger partial charge in [-0.3, -0.25) is 9.59 Å². The molecule has 0 spiro atoms. The molecular formula is C20H17Cl2NO4. The highest BCUT2D eigenvalue weighted by molar-refractivity contribution is 6.46. The Balaban J connectivity index is 2.22. The second kappa shape index (κ2) is 7.62. The molecule has 2 aromatic carbocycles. The minimum Gasteiger partial charge on any atom is -0.507 e. The number of aromatic hydroxyl groups is 1. The predicted molar refractivity (Wildman–Crippen MR) is 104 cm³/mol. The summed E-state index contributed by atoms with van der Waals surface area (Å²) in [7, 11) is 0. The molecule has 1 fully saturated rings. The van der Waals surface area contributed by atoms with Crippen molar-refractivity contribution in [2.24, 2.45) is 0 Å². The number of aliphatic hydroxyl groups excluding tert-OH is 1. The van der Waals surface area contributed by atoms with Crippen molar-refractivity contribution in [3.63, 3.8) is 0 Å². The summed E-state index contributed by atoms with van der Waals surface area (Å²) in [6.45, 7) is 2.22. The van der Waals surface area contributed by atoms with Gasteiger partial charge in [-0.25, -0.2) is 0 Å². The Morgan fingerprint density at radius 2 is 1.89 bits per heavy atom. The number of rotatable bonds is 4. The third-order valence-electron chi connectivity index (χ3n) is 4.39. The summed E-state index contributed by atoms with van der Waals surface area (Å²) in [5.74, 6) is -1.86. The van der Waals surface area contributed by atoms with Crippen LogP contribution in [-0.2, 0) is 9.59 Å². The first-order chi connectivity index (χ1) is 12.8. The summed E-state index contributed by atoms with van der Waals surface area (Å²) >= 11 is 12.0. The van der Waals surface area contributed by atoms with Gasteiger partial charge in [0.05, 0.1) is 16.6 Å². The van der Waals surface area contributed by atoms with E-state index in [4.69, 9.17) is 23.2 Å². The average molecular weight is 406 g/mol. The molecule has 1 atom stereocenters. The molecule has 3 rings (SSSR count). The number of hydrogen-bond acceptors (Lipinski definition) is 4. The number of Topliss-reactive ketones (excluding diaryl/α,β-unsaturated/α-hetero) is 1. The number of likely N-dealkylation sites (tertiary alicyclic amines) is 1. The molecule has 0 radical (unpaired) electrons. The lowest BCUT2D eigenvalue weighted by atomic mass is 9.95. The molecule has 27 heavy (non-hydrogen) atoms. The Kier molecular flexibility index (Phi) is 5.44. The minimum absolute atomic E-state index is 0.0301. The van der Waals surface area contributed by atoms with Gasteiger partial charge in [-0.15, -0.1) is 0 Å². The van der Waals surface area contributed by atoms with E-state index >= 15 is 0 Å². The third-order valence-corrected chi connectivity index (χ3v) is 4.93. The number of carbonyl (C=O) groups is 2. The van der Waals surface area contributed by atoms with Gasteiger partial charge in [0.2, 0.25) is 0 Å². The highest BCUT2D eigenvalue weighted by Gasteiger charge is 2.45. The summed E-state index contributed by atoms with van der Waals surface area (Å²) in [5, 5.41) is 21.0. The van der Waals surface area contributed by atoms with E-state index in [2.05, 4.69) is 0 Å². The van der Waals surface area contributed by atoms with Crippen LogP contribution < -0.4 is 0 Å². The number of halogens is 2. The van der Waals surface area contributed by atoms with E-state index in [1.54, 1.807) is 24.3 Å². The summed E-state index contributed by atoms with van der Waals surface area (Å²) in [5.41, 5.74) is 0.832. The summed E-state index contributed by atoms with van der Waals surface area (Å²) in [6.07, 6.45) is 0.631. The van der Waals surface area contributed by atoms with Gasteiger partial charge < -0.3 is 15.1 Å². The molecule has 1 saturated heterocycles. The van der Waals surface area contributed by atoms with Crippen LogP contribution in [-0.4, -0.2) is 33.3 Å². The fraction of sp³-hybridized carbons (Fsp3) is 0.200. The SMILES string of the molecule is CCCN1C(=O)C(=O)/C(=C(\O)c2cccc(Cl)c2)C1c1ccc(O)c(Cl)c1. The standard InChI is InChI=1S/C20H17Cl2NO4/c1-2-8-23-17(11-6-7-15(24)14(22)10-11)16(19(26)20(23)27)18(25)12-4-3-5-13(21)9-12/h3-7,9-10,17,24-25H,2,8H2,1H3/b18-16-. The lowest BCUT2D eigenvalue weighted by Gasteiger charge is -2.25. The van der Waals surface area contributed by atoms with Crippen LogP contribution in [0, 0.1) is 0 Å². The molecule has 0 aromatic heterocycles. The van der Waals surface area contributed by atoms with E-state index in [0.717, 1.165) is 0 Å². The molecular weight excluding hydrogens is 389 g/mol. The Hall–Kier alpha value is -2.50. The Labute approximate surface area is 166 Å². The quantitative estimate of drug-likeness (QED) is 0.444. The number of phenols is 1. The molecule has 1 unspecified atom stereocenters. The normalized spacial score (nSPS) is 18.9. The molecule has 0 bridgehead atoms. The maximum atomic E-state index is 12.7. The zero-order valence-corrected chi connectivity index (χ0v) is 16.0. The van der Waals surface area contributed by atoms with Gasteiger partial charge in [-0.1, -0.05) is 48.3 Å². The van der Waals surface area contributed by atoms with Crippen molar-refractivity contribution in [2.45, 2.75) is 19.4 Å². The fourth-order valence-corrected chi connectivity index (χ4v) is 3.56. The second-order valence-corrected chi connectivity index (χ2v) is 7.06. The Morgan fingerprint density at radius 1 is 1.15 bits per heavy atom. The molecule has 1 aliphatic rings. The van der Waals surface area contributed by atoms with Crippen molar-refractivity contribution in [3.8, 4) is 5.75 Å². The highest BCUT2D eigenvalue weighted by Crippen LogP contribution is 2.41. The van der Waals surface area contributed by atoms with Crippen molar-refractivity contribution in [2.75, 3.05) is 6.54 Å².